The van der Waals surface area contributed by atoms with Gasteiger partial charge in [-0.25, -0.2) is 0 Å². The second kappa shape index (κ2) is 20.9. The van der Waals surface area contributed by atoms with E-state index in [1.165, 1.54) is 77.0 Å². The standard InChI is InChI=1S/C20H42O3Se2/c1-3-5-7-9-11-13-15-17-19-24(21)23-25(22)20-18-16-14-12-10-8-6-4-2/h3-20H2,1-2H3. The third kappa shape index (κ3) is 20.8. The van der Waals surface area contributed by atoms with E-state index in [2.05, 4.69) is 13.8 Å². The van der Waals surface area contributed by atoms with Gasteiger partial charge in [-0.2, -0.15) is 0 Å². The molecule has 0 N–H and O–H groups in total. The Labute approximate surface area is 165 Å². The van der Waals surface area contributed by atoms with Crippen LogP contribution in [-0.4, -0.2) is 28.3 Å². The first-order valence-corrected chi connectivity index (χ1v) is 15.9. The zero-order valence-electron chi connectivity index (χ0n) is 16.8. The second-order valence-corrected chi connectivity index (χ2v) is 13.1. The molecule has 0 saturated carbocycles. The zero-order valence-corrected chi connectivity index (χ0v) is 20.2. The van der Waals surface area contributed by atoms with Crippen LogP contribution in [-0.2, 0) is 10.6 Å². The molecule has 0 radical (unpaired) electrons. The molecule has 0 atom stereocenters. The maximum atomic E-state index is 11.9. The Morgan fingerprint density at radius 3 is 1.08 bits per heavy atom. The summed E-state index contributed by atoms with van der Waals surface area (Å²) in [5.41, 5.74) is 0. The molecule has 0 fully saturated rings. The minimum atomic E-state index is -2.28. The summed E-state index contributed by atoms with van der Waals surface area (Å²) in [7, 11) is 0. The first kappa shape index (κ1) is 25.6. The quantitative estimate of drug-likeness (QED) is 0.135. The van der Waals surface area contributed by atoms with E-state index in [-0.39, 0.29) is 0 Å². The van der Waals surface area contributed by atoms with Crippen molar-refractivity contribution in [3.8, 4) is 0 Å². The third-order valence-corrected chi connectivity index (χ3v) is 11.0. The van der Waals surface area contributed by atoms with Crippen molar-refractivity contribution in [2.75, 3.05) is 0 Å². The summed E-state index contributed by atoms with van der Waals surface area (Å²) in [6.45, 7) is 4.47. The van der Waals surface area contributed by atoms with Crippen molar-refractivity contribution in [3.63, 3.8) is 0 Å². The predicted molar refractivity (Wildman–Crippen MR) is 109 cm³/mol. The summed E-state index contributed by atoms with van der Waals surface area (Å²) in [6, 6.07) is 0. The van der Waals surface area contributed by atoms with E-state index in [0.717, 1.165) is 25.7 Å². The van der Waals surface area contributed by atoms with Crippen LogP contribution in [0.25, 0.3) is 0 Å². The molecule has 0 spiro atoms. The van der Waals surface area contributed by atoms with E-state index < -0.39 is 28.3 Å². The van der Waals surface area contributed by atoms with Crippen LogP contribution in [0.3, 0.4) is 0 Å². The van der Waals surface area contributed by atoms with Crippen molar-refractivity contribution in [2.45, 2.75) is 127 Å². The molecule has 0 bridgehead atoms. The number of hydrogen-bond donors (Lipinski definition) is 0. The molecule has 0 aromatic carbocycles. The summed E-state index contributed by atoms with van der Waals surface area (Å²) < 4.78 is 29.1. The molecule has 3 nitrogen and oxygen atoms in total. The summed E-state index contributed by atoms with van der Waals surface area (Å²) in [4.78, 5) is 0. The molecule has 0 aromatic rings. The SMILES string of the molecule is CCCCCCCCCC[Se](=O)O[Se](=O)CCCCCCCCCC. The van der Waals surface area contributed by atoms with Crippen LogP contribution in [0.5, 0.6) is 0 Å². The Morgan fingerprint density at radius 2 is 0.760 bits per heavy atom. The van der Waals surface area contributed by atoms with Crippen molar-refractivity contribution >= 4 is 28.3 Å². The van der Waals surface area contributed by atoms with Gasteiger partial charge >= 0.3 is 166 Å². The van der Waals surface area contributed by atoms with Gasteiger partial charge in [0, 0.05) is 0 Å². The summed E-state index contributed by atoms with van der Waals surface area (Å²) in [5, 5.41) is 1.29. The molecule has 0 amide bonds. The number of rotatable bonds is 20. The monoisotopic (exact) mass is 490 g/mol. The Kier molecular flexibility index (Phi) is 21.4. The third-order valence-electron chi connectivity index (χ3n) is 4.48. The fourth-order valence-electron chi connectivity index (χ4n) is 2.86. The fourth-order valence-corrected chi connectivity index (χ4v) is 8.68. The molecule has 0 unspecified atom stereocenters. The molecule has 0 aliphatic carbocycles. The van der Waals surface area contributed by atoms with Gasteiger partial charge in [-0.3, -0.25) is 0 Å². The van der Waals surface area contributed by atoms with Crippen molar-refractivity contribution in [1.29, 1.82) is 0 Å². The molecular weight excluding hydrogens is 446 g/mol. The van der Waals surface area contributed by atoms with Crippen LogP contribution in [0, 0.1) is 0 Å². The van der Waals surface area contributed by atoms with Gasteiger partial charge in [0.15, 0.2) is 0 Å². The Morgan fingerprint density at radius 1 is 0.480 bits per heavy atom. The van der Waals surface area contributed by atoms with E-state index in [9.17, 15) is 7.67 Å². The summed E-state index contributed by atoms with van der Waals surface area (Å²) >= 11 is -4.56. The summed E-state index contributed by atoms with van der Waals surface area (Å²) in [5.74, 6) is 0. The van der Waals surface area contributed by atoms with Gasteiger partial charge in [0.25, 0.3) is 0 Å². The molecule has 0 heterocycles. The van der Waals surface area contributed by atoms with Crippen LogP contribution in [0.15, 0.2) is 0 Å². The molecule has 152 valence electrons. The molecule has 0 rings (SSSR count). The zero-order chi connectivity index (χ0) is 18.6. The van der Waals surface area contributed by atoms with Crippen LogP contribution >= 0.6 is 0 Å². The number of unbranched alkanes of at least 4 members (excludes halogenated alkanes) is 14. The van der Waals surface area contributed by atoms with Crippen LogP contribution in [0.1, 0.15) is 117 Å². The van der Waals surface area contributed by atoms with Crippen LogP contribution in [0.2, 0.25) is 10.6 Å². The van der Waals surface area contributed by atoms with Gasteiger partial charge in [-0.1, -0.05) is 0 Å². The van der Waals surface area contributed by atoms with Crippen molar-refractivity contribution in [3.05, 3.63) is 0 Å². The topological polar surface area (TPSA) is 43.4 Å². The first-order valence-electron chi connectivity index (χ1n) is 10.7. The Bertz CT molecular complexity index is 292. The van der Waals surface area contributed by atoms with Crippen LogP contribution in [0.4, 0.5) is 0 Å². The normalized spacial score (nSPS) is 13.8. The van der Waals surface area contributed by atoms with E-state index in [1.54, 1.807) is 0 Å². The average Bonchev–Trinajstić information content (AvgIpc) is 2.59. The van der Waals surface area contributed by atoms with E-state index in [4.69, 9.17) is 2.90 Å². The summed E-state index contributed by atoms with van der Waals surface area (Å²) in [6.07, 6.45) is 19.9. The first-order chi connectivity index (χ1) is 12.2. The van der Waals surface area contributed by atoms with Gasteiger partial charge in [-0.15, -0.1) is 0 Å². The predicted octanol–water partition coefficient (Wildman–Crippen LogP) is 7.12. The van der Waals surface area contributed by atoms with Gasteiger partial charge in [0.2, 0.25) is 0 Å². The van der Waals surface area contributed by atoms with E-state index in [0.29, 0.717) is 10.6 Å². The second-order valence-electron chi connectivity index (χ2n) is 7.03. The Balaban J connectivity index is 3.34. The molecule has 0 aromatic heterocycles. The van der Waals surface area contributed by atoms with Crippen LogP contribution < -0.4 is 0 Å². The molecular formula is C20H42O3Se2. The molecule has 0 aliphatic rings. The van der Waals surface area contributed by atoms with Gasteiger partial charge in [-0.05, 0) is 0 Å². The van der Waals surface area contributed by atoms with Gasteiger partial charge < -0.3 is 0 Å². The minimum absolute atomic E-state index is 0.647. The van der Waals surface area contributed by atoms with Gasteiger partial charge in [0.05, 0.1) is 0 Å². The van der Waals surface area contributed by atoms with Crippen molar-refractivity contribution in [1.82, 2.24) is 0 Å². The van der Waals surface area contributed by atoms with Crippen molar-refractivity contribution < 1.29 is 10.6 Å². The molecule has 0 aliphatic heterocycles. The van der Waals surface area contributed by atoms with E-state index >= 15 is 0 Å². The fraction of sp³-hybridized carbons (Fsp3) is 1.00. The molecule has 0 saturated heterocycles. The van der Waals surface area contributed by atoms with Crippen molar-refractivity contribution in [2.24, 2.45) is 0 Å². The Hall–Kier alpha value is 0.599. The van der Waals surface area contributed by atoms with Gasteiger partial charge in [0.1, 0.15) is 0 Å². The average molecular weight is 488 g/mol. The van der Waals surface area contributed by atoms with E-state index in [1.807, 2.05) is 0 Å². The maximum absolute atomic E-state index is 11.9. The molecule has 5 heteroatoms. The number of hydrogen-bond acceptors (Lipinski definition) is 3. The molecule has 25 heavy (non-hydrogen) atoms.